The monoisotopic (exact) mass is 421 g/mol. The Labute approximate surface area is 168 Å². The Morgan fingerprint density at radius 1 is 1.04 bits per heavy atom. The van der Waals surface area contributed by atoms with Gasteiger partial charge < -0.3 is 0 Å². The van der Waals surface area contributed by atoms with Crippen LogP contribution in [0.1, 0.15) is 47.3 Å². The molecule has 1 aliphatic carbocycles. The molecule has 2 amide bonds. The van der Waals surface area contributed by atoms with E-state index in [1.165, 1.54) is 35.6 Å². The molecule has 3 N–H and O–H groups in total. The lowest BCUT2D eigenvalue weighted by molar-refractivity contribution is -0.126. The molecule has 1 heterocycles. The van der Waals surface area contributed by atoms with Gasteiger partial charge in [-0.25, -0.2) is 13.1 Å². The molecule has 1 aromatic carbocycles. The third-order valence-corrected chi connectivity index (χ3v) is 6.97. The van der Waals surface area contributed by atoms with E-state index in [1.807, 2.05) is 17.5 Å². The smallest absolute Gasteiger partial charge is 0.269 e. The average molecular weight is 422 g/mol. The van der Waals surface area contributed by atoms with Gasteiger partial charge in [-0.1, -0.05) is 31.4 Å². The molecule has 0 atom stereocenters. The molecule has 0 spiro atoms. The van der Waals surface area contributed by atoms with Gasteiger partial charge in [-0.05, 0) is 42.5 Å². The number of hydrogen-bond acceptors (Lipinski definition) is 5. The van der Waals surface area contributed by atoms with Crippen LogP contribution >= 0.6 is 11.3 Å². The van der Waals surface area contributed by atoms with Crippen LogP contribution < -0.4 is 15.6 Å². The third kappa shape index (κ3) is 5.40. The maximum atomic E-state index is 12.5. The van der Waals surface area contributed by atoms with Crippen LogP contribution in [0.15, 0.2) is 46.7 Å². The number of sulfonamides is 1. The van der Waals surface area contributed by atoms with Crippen LogP contribution in [0.5, 0.6) is 0 Å². The Morgan fingerprint density at radius 2 is 1.82 bits per heavy atom. The van der Waals surface area contributed by atoms with Gasteiger partial charge in [0.2, 0.25) is 15.9 Å². The molecule has 7 nitrogen and oxygen atoms in total. The van der Waals surface area contributed by atoms with Crippen LogP contribution in [0.4, 0.5) is 0 Å². The van der Waals surface area contributed by atoms with Crippen molar-refractivity contribution in [3.8, 4) is 0 Å². The molecule has 0 radical (unpaired) electrons. The van der Waals surface area contributed by atoms with Gasteiger partial charge in [0.1, 0.15) is 0 Å². The summed E-state index contributed by atoms with van der Waals surface area (Å²) in [4.78, 5) is 25.3. The number of amides is 2. The third-order valence-electron chi connectivity index (χ3n) is 4.70. The van der Waals surface area contributed by atoms with Crippen LogP contribution in [0.3, 0.4) is 0 Å². The van der Waals surface area contributed by atoms with Crippen LogP contribution in [0.2, 0.25) is 0 Å². The lowest BCUT2D eigenvalue weighted by Crippen LogP contribution is -2.45. The van der Waals surface area contributed by atoms with E-state index >= 15 is 0 Å². The van der Waals surface area contributed by atoms with E-state index < -0.39 is 15.9 Å². The molecule has 0 unspecified atom stereocenters. The van der Waals surface area contributed by atoms with Crippen LogP contribution in [0.25, 0.3) is 0 Å². The number of thiophene rings is 1. The fraction of sp³-hybridized carbons (Fsp3) is 0.368. The first-order valence-corrected chi connectivity index (χ1v) is 11.5. The molecule has 3 rings (SSSR count). The number of carbonyl (C=O) groups is 2. The van der Waals surface area contributed by atoms with E-state index in [0.29, 0.717) is 0 Å². The molecule has 0 aliphatic heterocycles. The zero-order valence-corrected chi connectivity index (χ0v) is 16.9. The second-order valence-corrected chi connectivity index (χ2v) is 9.51. The van der Waals surface area contributed by atoms with E-state index in [2.05, 4.69) is 15.6 Å². The summed E-state index contributed by atoms with van der Waals surface area (Å²) in [6.07, 6.45) is 4.82. The van der Waals surface area contributed by atoms with Gasteiger partial charge in [0.15, 0.2) is 0 Å². The minimum absolute atomic E-state index is 0.00434. The Bertz CT molecular complexity index is 920. The number of carbonyl (C=O) groups excluding carboxylic acids is 2. The van der Waals surface area contributed by atoms with Crippen molar-refractivity contribution in [3.05, 3.63) is 52.2 Å². The van der Waals surface area contributed by atoms with E-state index in [9.17, 15) is 18.0 Å². The van der Waals surface area contributed by atoms with Crippen LogP contribution in [0, 0.1) is 5.92 Å². The van der Waals surface area contributed by atoms with E-state index in [4.69, 9.17) is 0 Å². The highest BCUT2D eigenvalue weighted by Gasteiger charge is 2.22. The lowest BCUT2D eigenvalue weighted by Gasteiger charge is -2.20. The molecule has 0 bridgehead atoms. The van der Waals surface area contributed by atoms with E-state index in [-0.39, 0.29) is 28.8 Å². The summed E-state index contributed by atoms with van der Waals surface area (Å²) < 4.78 is 27.5. The maximum Gasteiger partial charge on any atom is 0.269 e. The van der Waals surface area contributed by atoms with Gasteiger partial charge in [0.25, 0.3) is 5.91 Å². The van der Waals surface area contributed by atoms with Gasteiger partial charge in [-0.15, -0.1) is 11.3 Å². The minimum Gasteiger partial charge on any atom is -0.273 e. The highest BCUT2D eigenvalue weighted by Crippen LogP contribution is 2.23. The number of hydrazine groups is 1. The maximum absolute atomic E-state index is 12.5. The topological polar surface area (TPSA) is 104 Å². The molecule has 9 heteroatoms. The van der Waals surface area contributed by atoms with E-state index in [1.54, 1.807) is 0 Å². The Kier molecular flexibility index (Phi) is 6.82. The van der Waals surface area contributed by atoms with Crippen molar-refractivity contribution >= 4 is 33.2 Å². The van der Waals surface area contributed by atoms with Gasteiger partial charge in [0, 0.05) is 22.9 Å². The lowest BCUT2D eigenvalue weighted by atomic mass is 9.89. The quantitative estimate of drug-likeness (QED) is 0.624. The molecule has 1 aromatic heterocycles. The van der Waals surface area contributed by atoms with Crippen molar-refractivity contribution in [1.29, 1.82) is 0 Å². The molecule has 28 heavy (non-hydrogen) atoms. The molecule has 0 saturated heterocycles. The largest absolute Gasteiger partial charge is 0.273 e. The first-order valence-electron chi connectivity index (χ1n) is 9.18. The Hall–Kier alpha value is -2.23. The Morgan fingerprint density at radius 3 is 2.54 bits per heavy atom. The zero-order valence-electron chi connectivity index (χ0n) is 15.3. The summed E-state index contributed by atoms with van der Waals surface area (Å²) in [5.74, 6) is -0.837. The van der Waals surface area contributed by atoms with Gasteiger partial charge >= 0.3 is 0 Å². The molecule has 2 aromatic rings. The fourth-order valence-corrected chi connectivity index (χ4v) is 4.91. The average Bonchev–Trinajstić information content (AvgIpc) is 3.25. The molecule has 1 fully saturated rings. The van der Waals surface area contributed by atoms with E-state index in [0.717, 1.165) is 37.0 Å². The second kappa shape index (κ2) is 9.31. The molecular formula is C19H23N3O4S2. The zero-order chi connectivity index (χ0) is 20.0. The van der Waals surface area contributed by atoms with Crippen LogP contribution in [-0.4, -0.2) is 20.2 Å². The summed E-state index contributed by atoms with van der Waals surface area (Å²) in [5, 5.41) is 1.87. The SMILES string of the molecule is O=C(NNC(=O)C1CCCCC1)c1cccc(S(=O)(=O)NCc2cccs2)c1. The minimum atomic E-state index is -3.75. The fourth-order valence-electron chi connectivity index (χ4n) is 3.12. The number of hydrogen-bond donors (Lipinski definition) is 3. The predicted octanol–water partition coefficient (Wildman–Crippen LogP) is 2.57. The highest BCUT2D eigenvalue weighted by atomic mass is 32.2. The van der Waals surface area contributed by atoms with Crippen molar-refractivity contribution in [1.82, 2.24) is 15.6 Å². The first-order chi connectivity index (χ1) is 13.5. The first kappa shape index (κ1) is 20.5. The molecule has 1 saturated carbocycles. The Balaban J connectivity index is 1.59. The van der Waals surface area contributed by atoms with Crippen molar-refractivity contribution in [3.63, 3.8) is 0 Å². The molecule has 150 valence electrons. The normalized spacial score (nSPS) is 15.1. The second-order valence-electron chi connectivity index (χ2n) is 6.71. The van der Waals surface area contributed by atoms with Gasteiger partial charge in [-0.2, -0.15) is 0 Å². The van der Waals surface area contributed by atoms with Crippen LogP contribution in [-0.2, 0) is 21.4 Å². The van der Waals surface area contributed by atoms with Gasteiger partial charge in [-0.3, -0.25) is 20.4 Å². The molecular weight excluding hydrogens is 398 g/mol. The molecule has 1 aliphatic rings. The van der Waals surface area contributed by atoms with Crippen molar-refractivity contribution in [2.24, 2.45) is 5.92 Å². The van der Waals surface area contributed by atoms with Crippen molar-refractivity contribution < 1.29 is 18.0 Å². The number of nitrogens with one attached hydrogen (secondary N) is 3. The summed E-state index contributed by atoms with van der Waals surface area (Å²) in [7, 11) is -3.75. The van der Waals surface area contributed by atoms with Gasteiger partial charge in [0.05, 0.1) is 4.90 Å². The number of rotatable bonds is 6. The van der Waals surface area contributed by atoms with Crippen molar-refractivity contribution in [2.45, 2.75) is 43.5 Å². The highest BCUT2D eigenvalue weighted by molar-refractivity contribution is 7.89. The summed E-state index contributed by atoms with van der Waals surface area (Å²) >= 11 is 1.46. The predicted molar refractivity (Wildman–Crippen MR) is 107 cm³/mol. The standard InChI is InChI=1S/C19H23N3O4S2/c23-18(14-6-2-1-3-7-14)21-22-19(24)15-8-4-10-17(12-15)28(25,26)20-13-16-9-5-11-27-16/h4-5,8-12,14,20H,1-3,6-7,13H2,(H,21,23)(H,22,24). The summed E-state index contributed by atoms with van der Waals surface area (Å²) in [5.41, 5.74) is 4.98. The number of benzene rings is 1. The van der Waals surface area contributed by atoms with Crippen molar-refractivity contribution in [2.75, 3.05) is 0 Å². The summed E-state index contributed by atoms with van der Waals surface area (Å²) in [6.45, 7) is 0.188. The summed E-state index contributed by atoms with van der Waals surface area (Å²) in [6, 6.07) is 9.40.